The van der Waals surface area contributed by atoms with Gasteiger partial charge in [0.1, 0.15) is 0 Å². The summed E-state index contributed by atoms with van der Waals surface area (Å²) in [4.78, 5) is 13.2. The van der Waals surface area contributed by atoms with Gasteiger partial charge in [0, 0.05) is 16.8 Å². The smallest absolute Gasteiger partial charge is 0.230 e. The van der Waals surface area contributed by atoms with Gasteiger partial charge in [0.25, 0.3) is 0 Å². The molecule has 1 aromatic rings. The summed E-state index contributed by atoms with van der Waals surface area (Å²) in [7, 11) is 0. The molecule has 0 aromatic carbocycles. The molecule has 0 radical (unpaired) electrons. The third kappa shape index (κ3) is 3.96. The van der Waals surface area contributed by atoms with E-state index < -0.39 is 5.92 Å². The lowest BCUT2D eigenvalue weighted by atomic mass is 9.91. The van der Waals surface area contributed by atoms with Gasteiger partial charge in [-0.1, -0.05) is 32.0 Å². The summed E-state index contributed by atoms with van der Waals surface area (Å²) in [6.45, 7) is 6.49. The number of carbonyl (C=O) groups excluding carboxylic acids is 1. The molecule has 0 saturated heterocycles. The molecule has 1 atom stereocenters. The molecule has 1 amide bonds. The van der Waals surface area contributed by atoms with E-state index in [1.165, 1.54) is 4.88 Å². The van der Waals surface area contributed by atoms with Gasteiger partial charge in [-0.05, 0) is 17.9 Å². The summed E-state index contributed by atoms with van der Waals surface area (Å²) < 4.78 is 0. The van der Waals surface area contributed by atoms with Crippen molar-refractivity contribution < 1.29 is 10.0 Å². The molecule has 1 unspecified atom stereocenters. The number of amides is 1. The molecule has 4 N–H and O–H groups in total. The number of nitrogens with one attached hydrogen (secondary N) is 1. The quantitative estimate of drug-likeness (QED) is 0.322. The van der Waals surface area contributed by atoms with Crippen LogP contribution < -0.4 is 11.1 Å². The second kappa shape index (κ2) is 6.56. The summed E-state index contributed by atoms with van der Waals surface area (Å²) in [5.74, 6) is -0.833. The first-order valence-corrected chi connectivity index (χ1v) is 7.09. The lowest BCUT2D eigenvalue weighted by Gasteiger charge is -2.25. The Balaban J connectivity index is 2.63. The van der Waals surface area contributed by atoms with Crippen molar-refractivity contribution in [3.63, 3.8) is 0 Å². The van der Waals surface area contributed by atoms with Gasteiger partial charge >= 0.3 is 0 Å². The molecule has 5 nitrogen and oxygen atoms in total. The van der Waals surface area contributed by atoms with Gasteiger partial charge in [-0.25, -0.2) is 0 Å². The molecule has 0 saturated carbocycles. The largest absolute Gasteiger partial charge is 0.409 e. The van der Waals surface area contributed by atoms with Gasteiger partial charge in [-0.15, -0.1) is 11.3 Å². The third-order valence-electron chi connectivity index (χ3n) is 3.09. The lowest BCUT2D eigenvalue weighted by Crippen LogP contribution is -2.43. The average molecular weight is 283 g/mol. The van der Waals surface area contributed by atoms with Gasteiger partial charge in [0.05, 0.1) is 5.92 Å². The fourth-order valence-electron chi connectivity index (χ4n) is 1.78. The first kappa shape index (κ1) is 15.5. The van der Waals surface area contributed by atoms with Crippen molar-refractivity contribution in [2.24, 2.45) is 16.8 Å². The molecule has 0 aliphatic heterocycles. The van der Waals surface area contributed by atoms with Crippen LogP contribution >= 0.6 is 11.3 Å². The normalized spacial score (nSPS) is 14.2. The van der Waals surface area contributed by atoms with Crippen LogP contribution in [-0.4, -0.2) is 23.5 Å². The Kier molecular flexibility index (Phi) is 5.35. The van der Waals surface area contributed by atoms with Gasteiger partial charge in [-0.2, -0.15) is 0 Å². The summed E-state index contributed by atoms with van der Waals surface area (Å²) in [5, 5.41) is 16.5. The van der Waals surface area contributed by atoms with Crippen LogP contribution in [0.4, 0.5) is 0 Å². The first-order chi connectivity index (χ1) is 8.92. The average Bonchev–Trinajstić information content (AvgIpc) is 2.91. The fourth-order valence-corrected chi connectivity index (χ4v) is 2.63. The number of thiophene rings is 1. The molecule has 1 rings (SSSR count). The van der Waals surface area contributed by atoms with Crippen molar-refractivity contribution in [3.8, 4) is 0 Å². The number of nitrogens with two attached hydrogens (primary N) is 1. The summed E-state index contributed by atoms with van der Waals surface area (Å²) in [6.07, 6.45) is 0.501. The van der Waals surface area contributed by atoms with E-state index in [0.29, 0.717) is 13.0 Å². The summed E-state index contributed by atoms with van der Waals surface area (Å²) in [6, 6.07) is 4.05. The highest BCUT2D eigenvalue weighted by Gasteiger charge is 2.26. The first-order valence-electron chi connectivity index (χ1n) is 6.21. The minimum Gasteiger partial charge on any atom is -0.409 e. The number of nitrogens with zero attached hydrogens (tertiary/aromatic N) is 1. The van der Waals surface area contributed by atoms with Crippen LogP contribution in [0.1, 0.15) is 32.1 Å². The fraction of sp³-hybridized carbons (Fsp3) is 0.538. The topological polar surface area (TPSA) is 87.7 Å². The minimum atomic E-state index is -0.580. The van der Waals surface area contributed by atoms with E-state index in [9.17, 15) is 4.79 Å². The predicted molar refractivity (Wildman–Crippen MR) is 77.5 cm³/mol. The van der Waals surface area contributed by atoms with E-state index in [1.807, 2.05) is 18.4 Å². The Morgan fingerprint density at radius 2 is 2.32 bits per heavy atom. The van der Waals surface area contributed by atoms with Crippen LogP contribution in [0, 0.1) is 5.92 Å². The SMILES string of the molecule is CCC(C(=O)NCC(C)(C)c1cccs1)/C(N)=N/O. The summed E-state index contributed by atoms with van der Waals surface area (Å²) >= 11 is 1.67. The predicted octanol–water partition coefficient (Wildman–Crippen LogP) is 1.91. The van der Waals surface area contributed by atoms with Crippen LogP contribution in [0.3, 0.4) is 0 Å². The van der Waals surface area contributed by atoms with Crippen molar-refractivity contribution in [1.29, 1.82) is 0 Å². The monoisotopic (exact) mass is 283 g/mol. The molecule has 0 bridgehead atoms. The molecule has 1 aromatic heterocycles. The van der Waals surface area contributed by atoms with E-state index in [1.54, 1.807) is 11.3 Å². The van der Waals surface area contributed by atoms with Crippen molar-refractivity contribution >= 4 is 23.1 Å². The zero-order valence-corrected chi connectivity index (χ0v) is 12.3. The maximum absolute atomic E-state index is 12.0. The van der Waals surface area contributed by atoms with Crippen LogP contribution in [-0.2, 0) is 10.2 Å². The van der Waals surface area contributed by atoms with Gasteiger partial charge < -0.3 is 16.3 Å². The van der Waals surface area contributed by atoms with Crippen LogP contribution in [0.25, 0.3) is 0 Å². The van der Waals surface area contributed by atoms with E-state index in [0.717, 1.165) is 0 Å². The van der Waals surface area contributed by atoms with Crippen LogP contribution in [0.15, 0.2) is 22.7 Å². The van der Waals surface area contributed by atoms with Crippen molar-refractivity contribution in [2.75, 3.05) is 6.54 Å². The number of amidine groups is 1. The number of carbonyl (C=O) groups is 1. The van der Waals surface area contributed by atoms with Gasteiger partial charge in [0.2, 0.25) is 5.91 Å². The minimum absolute atomic E-state index is 0.0473. The van der Waals surface area contributed by atoms with Crippen molar-refractivity contribution in [2.45, 2.75) is 32.6 Å². The Morgan fingerprint density at radius 1 is 1.63 bits per heavy atom. The molecule has 0 fully saturated rings. The van der Waals surface area contributed by atoms with E-state index >= 15 is 0 Å². The van der Waals surface area contributed by atoms with E-state index in [4.69, 9.17) is 10.9 Å². The molecule has 6 heteroatoms. The maximum atomic E-state index is 12.0. The highest BCUT2D eigenvalue weighted by Crippen LogP contribution is 2.26. The molecule has 0 spiro atoms. The summed E-state index contributed by atoms with van der Waals surface area (Å²) in [5.41, 5.74) is 5.37. The number of oxime groups is 1. The molecule has 19 heavy (non-hydrogen) atoms. The Hall–Kier alpha value is -1.56. The molecular weight excluding hydrogens is 262 g/mol. The molecule has 0 aliphatic rings. The van der Waals surface area contributed by atoms with Crippen LogP contribution in [0.5, 0.6) is 0 Å². The second-order valence-electron chi connectivity index (χ2n) is 5.06. The Morgan fingerprint density at radius 3 is 2.79 bits per heavy atom. The number of hydrogen-bond acceptors (Lipinski definition) is 4. The van der Waals surface area contributed by atoms with E-state index in [2.05, 4.69) is 30.4 Å². The zero-order chi connectivity index (χ0) is 14.5. The highest BCUT2D eigenvalue weighted by atomic mass is 32.1. The van der Waals surface area contributed by atoms with Crippen molar-refractivity contribution in [3.05, 3.63) is 22.4 Å². The molecule has 0 aliphatic carbocycles. The Labute approximate surface area is 117 Å². The number of rotatable bonds is 6. The third-order valence-corrected chi connectivity index (χ3v) is 4.33. The maximum Gasteiger partial charge on any atom is 0.230 e. The van der Waals surface area contributed by atoms with E-state index in [-0.39, 0.29) is 17.2 Å². The van der Waals surface area contributed by atoms with Gasteiger partial charge in [-0.3, -0.25) is 4.79 Å². The number of hydrogen-bond donors (Lipinski definition) is 3. The zero-order valence-electron chi connectivity index (χ0n) is 11.5. The van der Waals surface area contributed by atoms with Crippen LogP contribution in [0.2, 0.25) is 0 Å². The molecule has 1 heterocycles. The van der Waals surface area contributed by atoms with Gasteiger partial charge in [0.15, 0.2) is 5.84 Å². The lowest BCUT2D eigenvalue weighted by molar-refractivity contribution is -0.123. The molecule has 106 valence electrons. The standard InChI is InChI=1S/C13H21N3O2S/c1-4-9(11(14)16-18)12(17)15-8-13(2,3)10-6-5-7-19-10/h5-7,9,18H,4,8H2,1-3H3,(H2,14,16)(H,15,17). The van der Waals surface area contributed by atoms with Crippen molar-refractivity contribution in [1.82, 2.24) is 5.32 Å². The molecular formula is C13H21N3O2S. The second-order valence-corrected chi connectivity index (χ2v) is 6.01. The Bertz CT molecular complexity index is 441. The highest BCUT2D eigenvalue weighted by molar-refractivity contribution is 7.10.